The second-order valence-corrected chi connectivity index (χ2v) is 3.66. The van der Waals surface area contributed by atoms with Crippen LogP contribution in [0.1, 0.15) is 12.8 Å². The molecular weight excluding hydrogens is 200 g/mol. The van der Waals surface area contributed by atoms with Crippen LogP contribution in [0, 0.1) is 0 Å². The fourth-order valence-corrected chi connectivity index (χ4v) is 1.75. The Labute approximate surface area is 94.1 Å². The zero-order chi connectivity index (χ0) is 11.4. The van der Waals surface area contributed by atoms with Gasteiger partial charge in [0.1, 0.15) is 0 Å². The molecule has 2 aromatic heterocycles. The van der Waals surface area contributed by atoms with E-state index in [2.05, 4.69) is 11.6 Å². The molecule has 0 saturated heterocycles. The van der Waals surface area contributed by atoms with Crippen molar-refractivity contribution in [1.82, 2.24) is 9.55 Å². The monoisotopic (exact) mass is 214 g/mol. The molecule has 2 heterocycles. The Hall–Kier alpha value is -1.90. The summed E-state index contributed by atoms with van der Waals surface area (Å²) in [6.45, 7) is 4.39. The first-order valence-corrected chi connectivity index (χ1v) is 5.38. The molecule has 0 unspecified atom stereocenters. The molecule has 0 saturated carbocycles. The smallest absolute Gasteiger partial charge is 0.251 e. The molecule has 2 aromatic rings. The molecule has 0 amide bonds. The van der Waals surface area contributed by atoms with Crippen molar-refractivity contribution in [2.75, 3.05) is 0 Å². The predicted octanol–water partition coefficient (Wildman–Crippen LogP) is 2.36. The van der Waals surface area contributed by atoms with Gasteiger partial charge in [-0.2, -0.15) is 0 Å². The zero-order valence-electron chi connectivity index (χ0n) is 9.10. The number of hydrogen-bond acceptors (Lipinski definition) is 2. The van der Waals surface area contributed by atoms with Gasteiger partial charge < -0.3 is 4.57 Å². The number of pyridine rings is 2. The van der Waals surface area contributed by atoms with E-state index in [1.54, 1.807) is 22.9 Å². The highest BCUT2D eigenvalue weighted by molar-refractivity contribution is 5.73. The summed E-state index contributed by atoms with van der Waals surface area (Å²) in [6.07, 6.45) is 5.45. The summed E-state index contributed by atoms with van der Waals surface area (Å²) in [7, 11) is 0. The van der Waals surface area contributed by atoms with Crippen LogP contribution in [0.2, 0.25) is 0 Å². The van der Waals surface area contributed by atoms with Gasteiger partial charge in [0.25, 0.3) is 5.56 Å². The molecule has 0 bridgehead atoms. The lowest BCUT2D eigenvalue weighted by Crippen LogP contribution is -2.19. The molecule has 82 valence electrons. The van der Waals surface area contributed by atoms with E-state index in [-0.39, 0.29) is 5.56 Å². The van der Waals surface area contributed by atoms with Crippen LogP contribution < -0.4 is 5.56 Å². The van der Waals surface area contributed by atoms with Crippen LogP contribution in [-0.4, -0.2) is 9.55 Å². The Kier molecular flexibility index (Phi) is 3.15. The predicted molar refractivity (Wildman–Crippen MR) is 65.4 cm³/mol. The molecule has 0 aliphatic rings. The average Bonchev–Trinajstić information content (AvgIpc) is 2.32. The summed E-state index contributed by atoms with van der Waals surface area (Å²) in [5.41, 5.74) is 1.80. The number of hydrogen-bond donors (Lipinski definition) is 0. The highest BCUT2D eigenvalue weighted by Crippen LogP contribution is 2.08. The normalized spacial score (nSPS) is 10.5. The number of allylic oxidation sites excluding steroid dienone is 1. The Morgan fingerprint density at radius 1 is 1.38 bits per heavy atom. The molecule has 2 rings (SSSR count). The molecule has 0 radical (unpaired) electrons. The van der Waals surface area contributed by atoms with Gasteiger partial charge in [-0.1, -0.05) is 6.08 Å². The molecule has 0 N–H and O–H groups in total. The van der Waals surface area contributed by atoms with Crippen molar-refractivity contribution in [1.29, 1.82) is 0 Å². The fourth-order valence-electron chi connectivity index (χ4n) is 1.75. The minimum absolute atomic E-state index is 0.0320. The third-order valence-corrected chi connectivity index (χ3v) is 2.55. The van der Waals surface area contributed by atoms with Gasteiger partial charge in [-0.25, -0.2) is 0 Å². The van der Waals surface area contributed by atoms with Crippen molar-refractivity contribution < 1.29 is 0 Å². The maximum atomic E-state index is 11.7. The van der Waals surface area contributed by atoms with Gasteiger partial charge in [0.05, 0.1) is 11.0 Å². The quantitative estimate of drug-likeness (QED) is 0.578. The molecule has 0 spiro atoms. The van der Waals surface area contributed by atoms with Crippen molar-refractivity contribution >= 4 is 11.0 Å². The highest BCUT2D eigenvalue weighted by Gasteiger charge is 2.01. The van der Waals surface area contributed by atoms with Crippen molar-refractivity contribution in [3.8, 4) is 0 Å². The van der Waals surface area contributed by atoms with Crippen molar-refractivity contribution in [2.24, 2.45) is 0 Å². The largest absolute Gasteiger partial charge is 0.307 e. The Morgan fingerprint density at radius 2 is 2.25 bits per heavy atom. The minimum atomic E-state index is 0.0320. The van der Waals surface area contributed by atoms with Crippen LogP contribution in [-0.2, 0) is 6.54 Å². The second kappa shape index (κ2) is 4.75. The molecule has 0 aliphatic heterocycles. The van der Waals surface area contributed by atoms with Crippen LogP contribution in [0.15, 0.2) is 47.9 Å². The summed E-state index contributed by atoms with van der Waals surface area (Å²) in [6, 6.07) is 7.12. The number of nitrogens with zero attached hydrogens (tertiary/aromatic N) is 2. The second-order valence-electron chi connectivity index (χ2n) is 3.66. The number of unbranched alkanes of at least 4 members (excludes halogenated alkanes) is 1. The molecule has 0 aromatic carbocycles. The van der Waals surface area contributed by atoms with Crippen LogP contribution in [0.3, 0.4) is 0 Å². The minimum Gasteiger partial charge on any atom is -0.307 e. The van der Waals surface area contributed by atoms with E-state index < -0.39 is 0 Å². The maximum absolute atomic E-state index is 11.7. The van der Waals surface area contributed by atoms with E-state index in [4.69, 9.17) is 0 Å². The van der Waals surface area contributed by atoms with Crippen LogP contribution in [0.4, 0.5) is 0 Å². The highest BCUT2D eigenvalue weighted by atomic mass is 16.1. The lowest BCUT2D eigenvalue weighted by atomic mass is 10.2. The lowest BCUT2D eigenvalue weighted by Gasteiger charge is -2.08. The summed E-state index contributed by atoms with van der Waals surface area (Å²) >= 11 is 0. The first-order valence-electron chi connectivity index (χ1n) is 5.38. The Balaban J connectivity index is 2.44. The summed E-state index contributed by atoms with van der Waals surface area (Å²) in [5.74, 6) is 0. The third kappa shape index (κ3) is 2.03. The topological polar surface area (TPSA) is 34.9 Å². The number of aromatic nitrogens is 2. The maximum Gasteiger partial charge on any atom is 0.251 e. The van der Waals surface area contributed by atoms with Crippen molar-refractivity contribution in [3.05, 3.63) is 53.5 Å². The van der Waals surface area contributed by atoms with Gasteiger partial charge >= 0.3 is 0 Å². The van der Waals surface area contributed by atoms with E-state index in [0.29, 0.717) is 6.54 Å². The van der Waals surface area contributed by atoms with Gasteiger partial charge in [0.15, 0.2) is 0 Å². The Bertz CT molecular complexity index is 557. The fraction of sp³-hybridized carbons (Fsp3) is 0.231. The summed E-state index contributed by atoms with van der Waals surface area (Å²) in [4.78, 5) is 16.0. The van der Waals surface area contributed by atoms with E-state index in [9.17, 15) is 4.79 Å². The summed E-state index contributed by atoms with van der Waals surface area (Å²) < 4.78 is 1.77. The first kappa shape index (κ1) is 10.6. The van der Waals surface area contributed by atoms with Gasteiger partial charge in [-0.3, -0.25) is 9.78 Å². The van der Waals surface area contributed by atoms with E-state index >= 15 is 0 Å². The van der Waals surface area contributed by atoms with Gasteiger partial charge in [-0.05, 0) is 31.0 Å². The zero-order valence-corrected chi connectivity index (χ0v) is 9.10. The molecule has 3 heteroatoms. The van der Waals surface area contributed by atoms with Crippen molar-refractivity contribution in [3.63, 3.8) is 0 Å². The number of aryl methyl sites for hydroxylation is 1. The number of fused-ring (bicyclic) bond motifs is 1. The standard InChI is InChI=1S/C13H14N2O/c1-2-3-4-10-15-12-6-5-9-14-11(12)7-8-13(15)16/h2,5-9H,1,3-4,10H2. The number of rotatable bonds is 4. The van der Waals surface area contributed by atoms with E-state index in [1.165, 1.54) is 0 Å². The van der Waals surface area contributed by atoms with Gasteiger partial charge in [0.2, 0.25) is 0 Å². The molecule has 0 atom stereocenters. The van der Waals surface area contributed by atoms with Crippen LogP contribution in [0.5, 0.6) is 0 Å². The molecule has 3 nitrogen and oxygen atoms in total. The summed E-state index contributed by atoms with van der Waals surface area (Å²) in [5, 5.41) is 0. The lowest BCUT2D eigenvalue weighted by molar-refractivity contribution is 0.649. The molecule has 0 aliphatic carbocycles. The van der Waals surface area contributed by atoms with Gasteiger partial charge in [-0.15, -0.1) is 6.58 Å². The van der Waals surface area contributed by atoms with Gasteiger partial charge in [0, 0.05) is 18.8 Å². The molecular formula is C13H14N2O. The third-order valence-electron chi connectivity index (χ3n) is 2.55. The SMILES string of the molecule is C=CCCCn1c(=O)ccc2ncccc21. The Morgan fingerprint density at radius 3 is 3.06 bits per heavy atom. The van der Waals surface area contributed by atoms with Crippen LogP contribution >= 0.6 is 0 Å². The van der Waals surface area contributed by atoms with E-state index in [0.717, 1.165) is 23.9 Å². The van der Waals surface area contributed by atoms with Crippen LogP contribution in [0.25, 0.3) is 11.0 Å². The molecule has 16 heavy (non-hydrogen) atoms. The first-order chi connectivity index (χ1) is 7.83. The van der Waals surface area contributed by atoms with E-state index in [1.807, 2.05) is 18.2 Å². The van der Waals surface area contributed by atoms with Crippen molar-refractivity contribution in [2.45, 2.75) is 19.4 Å². The average molecular weight is 214 g/mol. The molecule has 0 fully saturated rings.